The SMILES string of the molecule is CCOc1cc(/C=c2/sc3n(c2=O)[C@H](c2ccccc2)C2=C(N=3)c3ccccc3CC2)ccc1OCc1ccccc1Cl. The number of ether oxygens (including phenoxy) is 2. The van der Waals surface area contributed by atoms with Crippen molar-refractivity contribution in [2.75, 3.05) is 6.61 Å². The van der Waals surface area contributed by atoms with Gasteiger partial charge in [-0.1, -0.05) is 102 Å². The van der Waals surface area contributed by atoms with Gasteiger partial charge >= 0.3 is 0 Å². The van der Waals surface area contributed by atoms with Gasteiger partial charge in [-0.2, -0.15) is 0 Å². The second kappa shape index (κ2) is 11.7. The van der Waals surface area contributed by atoms with Crippen LogP contribution < -0.4 is 24.4 Å². The summed E-state index contributed by atoms with van der Waals surface area (Å²) in [6.07, 6.45) is 3.72. The van der Waals surface area contributed by atoms with E-state index in [1.54, 1.807) is 0 Å². The number of hydrogen-bond acceptors (Lipinski definition) is 5. The molecular weight excluding hydrogens is 576 g/mol. The second-order valence-electron chi connectivity index (χ2n) is 10.5. The lowest BCUT2D eigenvalue weighted by Crippen LogP contribution is -2.38. The molecule has 1 aromatic heterocycles. The Morgan fingerprint density at radius 1 is 0.930 bits per heavy atom. The Kier molecular flexibility index (Phi) is 7.47. The van der Waals surface area contributed by atoms with Crippen LogP contribution in [0.15, 0.2) is 112 Å². The summed E-state index contributed by atoms with van der Waals surface area (Å²) in [5.74, 6) is 1.24. The third kappa shape index (κ3) is 5.22. The second-order valence-corrected chi connectivity index (χ2v) is 12.0. The average Bonchev–Trinajstić information content (AvgIpc) is 3.34. The Morgan fingerprint density at radius 2 is 1.72 bits per heavy atom. The molecule has 0 saturated carbocycles. The average molecular weight is 605 g/mol. The first-order chi connectivity index (χ1) is 21.1. The van der Waals surface area contributed by atoms with Gasteiger partial charge in [0.2, 0.25) is 0 Å². The molecule has 0 fully saturated rings. The Hall–Kier alpha value is -4.39. The molecule has 5 nitrogen and oxygen atoms in total. The maximum absolute atomic E-state index is 14.1. The third-order valence-corrected chi connectivity index (χ3v) is 9.25. The first kappa shape index (κ1) is 27.4. The van der Waals surface area contributed by atoms with E-state index in [1.165, 1.54) is 22.5 Å². The van der Waals surface area contributed by atoms with E-state index in [0.29, 0.717) is 39.1 Å². The molecule has 7 rings (SSSR count). The lowest BCUT2D eigenvalue weighted by Gasteiger charge is -2.30. The van der Waals surface area contributed by atoms with Crippen molar-refractivity contribution in [1.29, 1.82) is 0 Å². The molecule has 1 aliphatic heterocycles. The number of nitrogens with zero attached hydrogens (tertiary/aromatic N) is 2. The molecule has 43 heavy (non-hydrogen) atoms. The van der Waals surface area contributed by atoms with Gasteiger partial charge in [-0.05, 0) is 66.3 Å². The van der Waals surface area contributed by atoms with Crippen molar-refractivity contribution in [2.45, 2.75) is 32.4 Å². The van der Waals surface area contributed by atoms with Gasteiger partial charge in [0.25, 0.3) is 5.56 Å². The monoisotopic (exact) mass is 604 g/mol. The number of allylic oxidation sites excluding steroid dienone is 1. The summed E-state index contributed by atoms with van der Waals surface area (Å²) in [5.41, 5.74) is 7.46. The van der Waals surface area contributed by atoms with E-state index >= 15 is 0 Å². The number of aryl methyl sites for hydroxylation is 1. The Labute approximate surface area is 258 Å². The molecule has 7 heteroatoms. The molecule has 4 aromatic carbocycles. The summed E-state index contributed by atoms with van der Waals surface area (Å²) >= 11 is 7.75. The lowest BCUT2D eigenvalue weighted by atomic mass is 9.83. The predicted octanol–water partition coefficient (Wildman–Crippen LogP) is 6.95. The van der Waals surface area contributed by atoms with E-state index in [-0.39, 0.29) is 11.6 Å². The summed E-state index contributed by atoms with van der Waals surface area (Å²) in [5, 5.41) is 0.659. The van der Waals surface area contributed by atoms with Gasteiger partial charge in [-0.15, -0.1) is 0 Å². The lowest BCUT2D eigenvalue weighted by molar-refractivity contribution is 0.269. The van der Waals surface area contributed by atoms with Crippen LogP contribution in [-0.4, -0.2) is 11.2 Å². The molecule has 2 aliphatic rings. The number of rotatable bonds is 7. The Morgan fingerprint density at radius 3 is 2.56 bits per heavy atom. The standard InChI is InChI=1S/C36H29ClN2O3S/c1-2-41-31-20-23(16-19-30(31)42-22-26-13-7-9-15-29(26)37)21-32-35(40)39-34(25-11-4-3-5-12-25)28-18-17-24-10-6-8-14-27(24)33(28)38-36(39)43-32/h3-16,19-21,34H,2,17-18,22H2,1H3/b32-21+/t34-/m1/s1. The minimum Gasteiger partial charge on any atom is -0.490 e. The fraction of sp³-hybridized carbons (Fsp3) is 0.167. The number of thiazole rings is 1. The van der Waals surface area contributed by atoms with Crippen molar-refractivity contribution in [1.82, 2.24) is 4.57 Å². The van der Waals surface area contributed by atoms with Gasteiger partial charge in [0.05, 0.1) is 22.9 Å². The van der Waals surface area contributed by atoms with Crippen LogP contribution in [0.4, 0.5) is 0 Å². The summed E-state index contributed by atoms with van der Waals surface area (Å²) in [6, 6.07) is 31.9. The van der Waals surface area contributed by atoms with Gasteiger partial charge in [0.15, 0.2) is 16.3 Å². The zero-order valence-corrected chi connectivity index (χ0v) is 25.2. The molecule has 214 valence electrons. The molecule has 5 aromatic rings. The summed E-state index contributed by atoms with van der Waals surface area (Å²) < 4.78 is 14.5. The molecule has 0 radical (unpaired) electrons. The number of aromatic nitrogens is 1. The van der Waals surface area contributed by atoms with Crippen molar-refractivity contribution in [3.05, 3.63) is 155 Å². The van der Waals surface area contributed by atoms with Gasteiger partial charge in [0, 0.05) is 16.1 Å². The zero-order chi connectivity index (χ0) is 29.3. The van der Waals surface area contributed by atoms with Crippen LogP contribution in [-0.2, 0) is 13.0 Å². The third-order valence-electron chi connectivity index (χ3n) is 7.89. The number of benzene rings is 4. The molecule has 0 amide bonds. The summed E-state index contributed by atoms with van der Waals surface area (Å²) in [6.45, 7) is 2.75. The molecule has 2 heterocycles. The van der Waals surface area contributed by atoms with E-state index in [9.17, 15) is 4.79 Å². The van der Waals surface area contributed by atoms with Crippen molar-refractivity contribution in [2.24, 2.45) is 4.99 Å². The molecule has 1 aliphatic carbocycles. The van der Waals surface area contributed by atoms with Crippen molar-refractivity contribution < 1.29 is 9.47 Å². The van der Waals surface area contributed by atoms with Crippen LogP contribution in [0.2, 0.25) is 5.02 Å². The van der Waals surface area contributed by atoms with Crippen molar-refractivity contribution in [3.8, 4) is 11.5 Å². The zero-order valence-electron chi connectivity index (χ0n) is 23.6. The summed E-state index contributed by atoms with van der Waals surface area (Å²) in [7, 11) is 0. The van der Waals surface area contributed by atoms with E-state index in [1.807, 2.05) is 78.2 Å². The van der Waals surface area contributed by atoms with E-state index < -0.39 is 0 Å². The van der Waals surface area contributed by atoms with Crippen LogP contribution >= 0.6 is 22.9 Å². The maximum Gasteiger partial charge on any atom is 0.271 e. The van der Waals surface area contributed by atoms with Crippen LogP contribution in [0, 0.1) is 0 Å². The van der Waals surface area contributed by atoms with E-state index in [4.69, 9.17) is 26.1 Å². The first-order valence-corrected chi connectivity index (χ1v) is 15.6. The molecular formula is C36H29ClN2O3S. The molecule has 1 atom stereocenters. The molecule has 0 unspecified atom stereocenters. The smallest absolute Gasteiger partial charge is 0.271 e. The number of fused-ring (bicyclic) bond motifs is 3. The quantitative estimate of drug-likeness (QED) is 0.202. The van der Waals surface area contributed by atoms with Gasteiger partial charge in [-0.25, -0.2) is 4.99 Å². The summed E-state index contributed by atoms with van der Waals surface area (Å²) in [4.78, 5) is 19.9. The number of hydrogen-bond donors (Lipinski definition) is 0. The predicted molar refractivity (Wildman–Crippen MR) is 173 cm³/mol. The number of halogens is 1. The minimum atomic E-state index is -0.192. The van der Waals surface area contributed by atoms with Gasteiger partial charge < -0.3 is 9.47 Å². The molecule has 0 bridgehead atoms. The Bertz CT molecular complexity index is 2050. The first-order valence-electron chi connectivity index (χ1n) is 14.4. The maximum atomic E-state index is 14.1. The van der Waals surface area contributed by atoms with Crippen LogP contribution in [0.25, 0.3) is 11.8 Å². The van der Waals surface area contributed by atoms with Crippen molar-refractivity contribution >= 4 is 34.7 Å². The van der Waals surface area contributed by atoms with E-state index in [2.05, 4.69) is 36.4 Å². The topological polar surface area (TPSA) is 52.8 Å². The van der Waals surface area contributed by atoms with Gasteiger partial charge in [0.1, 0.15) is 6.61 Å². The minimum absolute atomic E-state index is 0.0417. The molecule has 0 saturated heterocycles. The highest BCUT2D eigenvalue weighted by molar-refractivity contribution is 7.07. The van der Waals surface area contributed by atoms with E-state index in [0.717, 1.165) is 40.8 Å². The molecule has 0 N–H and O–H groups in total. The highest BCUT2D eigenvalue weighted by Crippen LogP contribution is 2.41. The fourth-order valence-electron chi connectivity index (χ4n) is 5.88. The van der Waals surface area contributed by atoms with Crippen LogP contribution in [0.5, 0.6) is 11.5 Å². The highest BCUT2D eigenvalue weighted by atomic mass is 35.5. The van der Waals surface area contributed by atoms with Gasteiger partial charge in [-0.3, -0.25) is 9.36 Å². The van der Waals surface area contributed by atoms with Crippen LogP contribution in [0.3, 0.4) is 0 Å². The Balaban J connectivity index is 1.31. The normalized spacial score (nSPS) is 15.8. The van der Waals surface area contributed by atoms with Crippen molar-refractivity contribution in [3.63, 3.8) is 0 Å². The van der Waals surface area contributed by atoms with Crippen LogP contribution in [0.1, 0.15) is 47.2 Å². The highest BCUT2D eigenvalue weighted by Gasteiger charge is 2.32. The molecule has 0 spiro atoms. The fourth-order valence-corrected chi connectivity index (χ4v) is 7.07. The largest absolute Gasteiger partial charge is 0.490 e.